The second kappa shape index (κ2) is 15.9. The van der Waals surface area contributed by atoms with Crippen molar-refractivity contribution >= 4 is 45.2 Å². The van der Waals surface area contributed by atoms with E-state index in [4.69, 9.17) is 4.74 Å². The number of aromatic nitrogens is 3. The van der Waals surface area contributed by atoms with Gasteiger partial charge in [0.1, 0.15) is 12.1 Å². The number of anilines is 1. The third-order valence-electron chi connectivity index (χ3n) is 13.6. The zero-order valence-corrected chi connectivity index (χ0v) is 34.4. The number of rotatable bonds is 10. The van der Waals surface area contributed by atoms with Gasteiger partial charge < -0.3 is 19.9 Å². The lowest BCUT2D eigenvalue weighted by molar-refractivity contribution is -0.125. The molecule has 5 aromatic rings. The van der Waals surface area contributed by atoms with Crippen molar-refractivity contribution in [2.24, 2.45) is 11.8 Å². The molecule has 14 heteroatoms. The number of likely N-dealkylation sites (tertiary alicyclic amines) is 1. The minimum Gasteiger partial charge on any atom is -0.474 e. The van der Waals surface area contributed by atoms with Crippen LogP contribution in [0, 0.1) is 18.8 Å². The molecule has 2 aromatic carbocycles. The van der Waals surface area contributed by atoms with Crippen LogP contribution < -0.4 is 15.0 Å². The standard InChI is InChI=1S/C47H50F2N8O4/c1-28-19-33(32-4-6-36-39-25-50-12-9-40(39)56(47(48)49)42(36)22-32)24-51-44(28)61-35-20-31(21-35)27-53-13-10-30(11-14-53)26-54-15-17-55(18-16-54)34-5-7-37-38(23-34)46(60)57(45(37)59)41-8-3-29(2)52-43(41)58/h4-7,9,12,19,22-25,30-31,35,41,47H,2-3,8,10-11,13-18,20-21,26-27H2,1H3,(H,52,58). The average molecular weight is 829 g/mol. The van der Waals surface area contributed by atoms with Gasteiger partial charge in [0.25, 0.3) is 11.8 Å². The predicted molar refractivity (Wildman–Crippen MR) is 229 cm³/mol. The summed E-state index contributed by atoms with van der Waals surface area (Å²) >= 11 is 0. The number of pyridine rings is 2. The molecule has 3 saturated heterocycles. The summed E-state index contributed by atoms with van der Waals surface area (Å²) in [6.45, 7) is 11.2. The zero-order valence-electron chi connectivity index (χ0n) is 34.4. The molecule has 0 radical (unpaired) electrons. The third kappa shape index (κ3) is 7.43. The number of nitrogens with one attached hydrogen (secondary N) is 1. The minimum atomic E-state index is -2.67. The van der Waals surface area contributed by atoms with Gasteiger partial charge in [-0.1, -0.05) is 18.7 Å². The summed E-state index contributed by atoms with van der Waals surface area (Å²) < 4.78 is 35.7. The molecule has 0 spiro atoms. The van der Waals surface area contributed by atoms with Gasteiger partial charge in [0.15, 0.2) is 0 Å². The second-order valence-electron chi connectivity index (χ2n) is 17.6. The van der Waals surface area contributed by atoms with Gasteiger partial charge in [-0.3, -0.25) is 33.7 Å². The normalized spacial score (nSPS) is 23.0. The molecule has 12 nitrogen and oxygen atoms in total. The molecule has 3 amide bonds. The molecule has 316 valence electrons. The highest BCUT2D eigenvalue weighted by Gasteiger charge is 2.44. The van der Waals surface area contributed by atoms with Crippen LogP contribution >= 0.6 is 0 Å². The van der Waals surface area contributed by atoms with Crippen LogP contribution in [0.15, 0.2) is 79.4 Å². The number of carbonyl (C=O) groups is 3. The first-order chi connectivity index (χ1) is 29.6. The Morgan fingerprint density at radius 2 is 1.56 bits per heavy atom. The maximum absolute atomic E-state index is 14.2. The SMILES string of the molecule is C=C1CCC(N2C(=O)c3ccc(N4CCN(CC5CCN(CC6CC(Oc7ncc(-c8ccc9c%10cnccc%10n(C(F)F)c9c8)cc7C)C6)CC5)CC4)cc3C2=O)C(=O)N1. The Labute approximate surface area is 353 Å². The number of piperidine rings is 2. The smallest absolute Gasteiger partial charge is 0.319 e. The lowest BCUT2D eigenvalue weighted by Gasteiger charge is -2.42. The molecular formula is C47H50F2N8O4. The summed E-state index contributed by atoms with van der Waals surface area (Å²) in [5.41, 5.74) is 5.83. The van der Waals surface area contributed by atoms with Crippen LogP contribution in [0.5, 0.6) is 5.88 Å². The summed E-state index contributed by atoms with van der Waals surface area (Å²) in [5.74, 6) is 0.769. The Balaban J connectivity index is 0.661. The number of amides is 3. The van der Waals surface area contributed by atoms with Crippen LogP contribution in [0.25, 0.3) is 32.9 Å². The Hall–Kier alpha value is -5.73. The molecule has 3 aromatic heterocycles. The van der Waals surface area contributed by atoms with E-state index >= 15 is 0 Å². The molecule has 1 atom stereocenters. The fourth-order valence-corrected chi connectivity index (χ4v) is 10.2. The van der Waals surface area contributed by atoms with Gasteiger partial charge in [0.05, 0.1) is 22.2 Å². The number of carbonyl (C=O) groups excluding carboxylic acids is 3. The highest BCUT2D eigenvalue weighted by Crippen LogP contribution is 2.38. The molecule has 1 saturated carbocycles. The maximum Gasteiger partial charge on any atom is 0.319 e. The van der Waals surface area contributed by atoms with E-state index in [1.54, 1.807) is 30.6 Å². The first kappa shape index (κ1) is 39.4. The molecule has 1 unspecified atom stereocenters. The molecule has 4 fully saturated rings. The molecule has 1 aliphatic carbocycles. The highest BCUT2D eigenvalue weighted by molar-refractivity contribution is 6.23. The number of aryl methyl sites for hydroxylation is 1. The molecule has 0 bridgehead atoms. The monoisotopic (exact) mass is 828 g/mol. The number of hydrogen-bond donors (Lipinski definition) is 1. The van der Waals surface area contributed by atoms with E-state index in [0.29, 0.717) is 63.8 Å². The number of allylic oxidation sites excluding steroid dienone is 1. The van der Waals surface area contributed by atoms with E-state index in [-0.39, 0.29) is 12.0 Å². The van der Waals surface area contributed by atoms with Gasteiger partial charge in [-0.2, -0.15) is 8.78 Å². The number of piperazine rings is 1. The number of fused-ring (bicyclic) bond motifs is 4. The van der Waals surface area contributed by atoms with E-state index in [0.717, 1.165) is 102 Å². The quantitative estimate of drug-likeness (QED) is 0.148. The summed E-state index contributed by atoms with van der Waals surface area (Å²) in [5, 5.41) is 4.15. The lowest BCUT2D eigenvalue weighted by Crippen LogP contribution is -2.51. The van der Waals surface area contributed by atoms with Gasteiger partial charge in [0.2, 0.25) is 11.8 Å². The van der Waals surface area contributed by atoms with E-state index in [2.05, 4.69) is 36.6 Å². The molecule has 7 heterocycles. The number of hydrogen-bond acceptors (Lipinski definition) is 9. The molecule has 10 rings (SSSR count). The average Bonchev–Trinajstić information content (AvgIpc) is 3.71. The summed E-state index contributed by atoms with van der Waals surface area (Å²) in [7, 11) is 0. The van der Waals surface area contributed by atoms with Crippen LogP contribution in [-0.2, 0) is 4.79 Å². The van der Waals surface area contributed by atoms with Crippen molar-refractivity contribution in [2.75, 3.05) is 57.3 Å². The summed E-state index contributed by atoms with van der Waals surface area (Å²) in [6.07, 6.45) is 10.4. The van der Waals surface area contributed by atoms with Gasteiger partial charge in [-0.25, -0.2) is 4.98 Å². The summed E-state index contributed by atoms with van der Waals surface area (Å²) in [6, 6.07) is 14.0. The molecule has 61 heavy (non-hydrogen) atoms. The van der Waals surface area contributed by atoms with E-state index in [1.807, 2.05) is 37.3 Å². The third-order valence-corrected chi connectivity index (χ3v) is 13.6. The number of halogens is 2. The van der Waals surface area contributed by atoms with Crippen LogP contribution in [0.3, 0.4) is 0 Å². The fraction of sp³-hybridized carbons (Fsp3) is 0.426. The van der Waals surface area contributed by atoms with Gasteiger partial charge >= 0.3 is 6.55 Å². The number of alkyl halides is 2. The maximum atomic E-state index is 14.2. The number of imide groups is 1. The topological polar surface area (TPSA) is 116 Å². The van der Waals surface area contributed by atoms with Crippen molar-refractivity contribution in [3.63, 3.8) is 0 Å². The number of nitrogens with zero attached hydrogens (tertiary/aromatic N) is 7. The zero-order chi connectivity index (χ0) is 41.9. The van der Waals surface area contributed by atoms with Crippen molar-refractivity contribution in [2.45, 2.75) is 64.1 Å². The predicted octanol–water partition coefficient (Wildman–Crippen LogP) is 7.03. The van der Waals surface area contributed by atoms with Crippen molar-refractivity contribution in [3.8, 4) is 17.0 Å². The second-order valence-corrected chi connectivity index (χ2v) is 17.6. The van der Waals surface area contributed by atoms with Gasteiger partial charge in [-0.05, 0) is 112 Å². The molecule has 5 aliphatic rings. The Kier molecular flexibility index (Phi) is 10.3. The first-order valence-corrected chi connectivity index (χ1v) is 21.6. The largest absolute Gasteiger partial charge is 0.474 e. The van der Waals surface area contributed by atoms with Crippen molar-refractivity contribution in [1.82, 2.24) is 34.6 Å². The Morgan fingerprint density at radius 3 is 2.31 bits per heavy atom. The van der Waals surface area contributed by atoms with E-state index in [9.17, 15) is 23.2 Å². The Bertz CT molecular complexity index is 2550. The number of benzene rings is 2. The minimum absolute atomic E-state index is 0.144. The fourth-order valence-electron chi connectivity index (χ4n) is 10.2. The number of ether oxygens (including phenoxy) is 1. The van der Waals surface area contributed by atoms with Crippen molar-refractivity contribution < 1.29 is 27.9 Å². The summed E-state index contributed by atoms with van der Waals surface area (Å²) in [4.78, 5) is 56.6. The van der Waals surface area contributed by atoms with Crippen LogP contribution in [0.4, 0.5) is 14.5 Å². The van der Waals surface area contributed by atoms with Crippen molar-refractivity contribution in [3.05, 3.63) is 96.1 Å². The Morgan fingerprint density at radius 1 is 0.803 bits per heavy atom. The van der Waals surface area contributed by atoms with E-state index in [1.165, 1.54) is 19.0 Å². The highest BCUT2D eigenvalue weighted by atomic mass is 19.3. The van der Waals surface area contributed by atoms with Gasteiger partial charge in [-0.15, -0.1) is 0 Å². The van der Waals surface area contributed by atoms with Crippen LogP contribution in [0.1, 0.15) is 71.4 Å². The first-order valence-electron chi connectivity index (χ1n) is 21.6. The molecule has 1 N–H and O–H groups in total. The molecule has 4 aliphatic heterocycles. The van der Waals surface area contributed by atoms with Gasteiger partial charge in [0, 0.05) is 91.1 Å². The van der Waals surface area contributed by atoms with Crippen LogP contribution in [0.2, 0.25) is 0 Å². The van der Waals surface area contributed by atoms with E-state index < -0.39 is 24.4 Å². The lowest BCUT2D eigenvalue weighted by atomic mass is 9.81. The molecular weight excluding hydrogens is 779 g/mol. The van der Waals surface area contributed by atoms with Crippen LogP contribution in [-0.4, -0.2) is 111 Å². The van der Waals surface area contributed by atoms with Crippen molar-refractivity contribution in [1.29, 1.82) is 0 Å².